The summed E-state index contributed by atoms with van der Waals surface area (Å²) < 4.78 is 4.97. The maximum Gasteiger partial charge on any atom is 0.318 e. The van der Waals surface area contributed by atoms with Crippen molar-refractivity contribution in [3.8, 4) is 0 Å². The number of carbonyl (C=O) groups is 3. The average Bonchev–Trinajstić information content (AvgIpc) is 2.53. The molecular weight excluding hydrogens is 256 g/mol. The van der Waals surface area contributed by atoms with E-state index in [1.165, 1.54) is 13.0 Å². The van der Waals surface area contributed by atoms with Crippen LogP contribution in [0.5, 0.6) is 0 Å². The smallest absolute Gasteiger partial charge is 0.318 e. The van der Waals surface area contributed by atoms with E-state index in [-0.39, 0.29) is 6.42 Å². The number of rotatable bonds is 5. The number of hydrogen-bond acceptors (Lipinski definition) is 5. The Hall–Kier alpha value is -1.89. The fourth-order valence-electron chi connectivity index (χ4n) is 2.58. The van der Waals surface area contributed by atoms with Gasteiger partial charge in [0.25, 0.3) is 0 Å². The number of ether oxygens (including phenoxy) is 1. The molecule has 0 saturated heterocycles. The highest BCUT2D eigenvalue weighted by atomic mass is 16.5. The highest BCUT2D eigenvalue weighted by Crippen LogP contribution is 2.40. The quantitative estimate of drug-likeness (QED) is 0.362. The molecule has 7 heteroatoms. The van der Waals surface area contributed by atoms with Crippen LogP contribution in [0.4, 0.5) is 0 Å². The number of carbonyl (C=O) groups excluding carboxylic acids is 1. The maximum absolute atomic E-state index is 11.0. The fraction of sp³-hybridized carbons (Fsp3) is 0.583. The summed E-state index contributed by atoms with van der Waals surface area (Å²) in [4.78, 5) is 33.0. The molecule has 1 rings (SSSR count). The van der Waals surface area contributed by atoms with Crippen molar-refractivity contribution in [2.45, 2.75) is 25.6 Å². The van der Waals surface area contributed by atoms with Gasteiger partial charge in [0.05, 0.1) is 6.10 Å². The summed E-state index contributed by atoms with van der Waals surface area (Å²) in [5.41, 5.74) is 0. The predicted molar refractivity (Wildman–Crippen MR) is 62.1 cm³/mol. The first-order chi connectivity index (χ1) is 8.79. The van der Waals surface area contributed by atoms with E-state index >= 15 is 0 Å². The number of carboxylic acids is 2. The minimum absolute atomic E-state index is 0.00199. The highest BCUT2D eigenvalue weighted by Gasteiger charge is 2.51. The van der Waals surface area contributed by atoms with Crippen molar-refractivity contribution in [1.82, 2.24) is 0 Å². The van der Waals surface area contributed by atoms with Crippen molar-refractivity contribution in [1.29, 1.82) is 0 Å². The lowest BCUT2D eigenvalue weighted by Crippen LogP contribution is -2.39. The molecule has 3 N–H and O–H groups in total. The molecule has 0 aromatic heterocycles. The Kier molecular flexibility index (Phi) is 4.66. The van der Waals surface area contributed by atoms with Crippen molar-refractivity contribution < 1.29 is 34.4 Å². The first-order valence-electron chi connectivity index (χ1n) is 5.73. The van der Waals surface area contributed by atoms with Crippen molar-refractivity contribution in [2.24, 2.45) is 17.8 Å². The zero-order valence-corrected chi connectivity index (χ0v) is 10.4. The van der Waals surface area contributed by atoms with Crippen LogP contribution in [0.1, 0.15) is 13.3 Å². The normalized spacial score (nSPS) is 30.1. The number of aliphatic carboxylic acids is 2. The van der Waals surface area contributed by atoms with Gasteiger partial charge in [-0.3, -0.25) is 14.4 Å². The average molecular weight is 272 g/mol. The summed E-state index contributed by atoms with van der Waals surface area (Å²) in [6, 6.07) is 0. The zero-order chi connectivity index (χ0) is 14.7. The van der Waals surface area contributed by atoms with Gasteiger partial charge in [-0.15, -0.1) is 6.58 Å². The lowest BCUT2D eigenvalue weighted by molar-refractivity contribution is -0.160. The SMILES string of the molecule is C=C[C@H]1[C@@H](C(C(=O)O)C(=O)O)[C@@H](O)C[C@H]1OC(C)=O. The number of hydrogen-bond donors (Lipinski definition) is 3. The lowest BCUT2D eigenvalue weighted by atomic mass is 9.82. The van der Waals surface area contributed by atoms with Crippen LogP contribution in [0.3, 0.4) is 0 Å². The summed E-state index contributed by atoms with van der Waals surface area (Å²) in [7, 11) is 0. The standard InChI is InChI=1S/C12H16O7/c1-3-6-8(19-5(2)13)4-7(14)9(6)10(11(15)16)12(17)18/h3,6-10,14H,1,4H2,2H3,(H,15,16)(H,17,18)/t6-,7+,8-,9-/m1/s1. The Bertz CT molecular complexity index is 389. The Morgan fingerprint density at radius 2 is 1.84 bits per heavy atom. The molecule has 1 saturated carbocycles. The Labute approximate surface area is 109 Å². The molecule has 0 unspecified atom stereocenters. The monoisotopic (exact) mass is 272 g/mol. The summed E-state index contributed by atoms with van der Waals surface area (Å²) in [5.74, 6) is -7.20. The van der Waals surface area contributed by atoms with E-state index in [1.54, 1.807) is 0 Å². The first-order valence-corrected chi connectivity index (χ1v) is 5.73. The van der Waals surface area contributed by atoms with Gasteiger partial charge in [0.15, 0.2) is 5.92 Å². The summed E-state index contributed by atoms with van der Waals surface area (Å²) >= 11 is 0. The third-order valence-electron chi connectivity index (χ3n) is 3.30. The van der Waals surface area contributed by atoms with Crippen LogP contribution in [0.25, 0.3) is 0 Å². The second kappa shape index (κ2) is 5.83. The van der Waals surface area contributed by atoms with Gasteiger partial charge in [-0.05, 0) is 0 Å². The fourth-order valence-corrected chi connectivity index (χ4v) is 2.58. The van der Waals surface area contributed by atoms with E-state index in [1.807, 2.05) is 0 Å². The second-order valence-electron chi connectivity index (χ2n) is 4.50. The Balaban J connectivity index is 3.04. The van der Waals surface area contributed by atoms with Gasteiger partial charge in [-0.25, -0.2) is 0 Å². The van der Waals surface area contributed by atoms with Crippen molar-refractivity contribution in [3.05, 3.63) is 12.7 Å². The van der Waals surface area contributed by atoms with Gasteiger partial charge in [0.2, 0.25) is 0 Å². The molecule has 1 aliphatic carbocycles. The predicted octanol–water partition coefficient (Wildman–Crippen LogP) is -0.114. The van der Waals surface area contributed by atoms with Gasteiger partial charge >= 0.3 is 17.9 Å². The van der Waals surface area contributed by atoms with Gasteiger partial charge < -0.3 is 20.1 Å². The maximum atomic E-state index is 11.0. The highest BCUT2D eigenvalue weighted by molar-refractivity contribution is 5.93. The van der Waals surface area contributed by atoms with Crippen LogP contribution in [0.2, 0.25) is 0 Å². The van der Waals surface area contributed by atoms with Crippen LogP contribution in [0, 0.1) is 17.8 Å². The third-order valence-corrected chi connectivity index (χ3v) is 3.30. The number of aliphatic hydroxyl groups is 1. The molecular formula is C12H16O7. The van der Waals surface area contributed by atoms with E-state index in [0.717, 1.165) is 0 Å². The van der Waals surface area contributed by atoms with E-state index in [4.69, 9.17) is 14.9 Å². The van der Waals surface area contributed by atoms with Gasteiger partial charge in [-0.2, -0.15) is 0 Å². The summed E-state index contributed by atoms with van der Waals surface area (Å²) in [5, 5.41) is 27.8. The molecule has 0 amide bonds. The van der Waals surface area contributed by atoms with E-state index in [9.17, 15) is 19.5 Å². The molecule has 19 heavy (non-hydrogen) atoms. The first kappa shape index (κ1) is 15.2. The summed E-state index contributed by atoms with van der Waals surface area (Å²) in [6.07, 6.45) is -0.605. The van der Waals surface area contributed by atoms with Crippen LogP contribution in [-0.4, -0.2) is 45.4 Å². The lowest BCUT2D eigenvalue weighted by Gasteiger charge is -2.24. The second-order valence-corrected chi connectivity index (χ2v) is 4.50. The molecule has 1 fully saturated rings. The van der Waals surface area contributed by atoms with Crippen LogP contribution in [0.15, 0.2) is 12.7 Å². The van der Waals surface area contributed by atoms with Crippen molar-refractivity contribution in [2.75, 3.05) is 0 Å². The van der Waals surface area contributed by atoms with Gasteiger partial charge in [-0.1, -0.05) is 6.08 Å². The topological polar surface area (TPSA) is 121 Å². The van der Waals surface area contributed by atoms with E-state index < -0.39 is 47.9 Å². The minimum Gasteiger partial charge on any atom is -0.481 e. The molecule has 0 aliphatic heterocycles. The molecule has 0 radical (unpaired) electrons. The Morgan fingerprint density at radius 1 is 1.32 bits per heavy atom. The van der Waals surface area contributed by atoms with Crippen LogP contribution >= 0.6 is 0 Å². The molecule has 106 valence electrons. The summed E-state index contributed by atoms with van der Waals surface area (Å²) in [6.45, 7) is 4.68. The molecule has 0 bridgehead atoms. The number of aliphatic hydroxyl groups excluding tert-OH is 1. The number of esters is 1. The minimum atomic E-state index is -1.77. The van der Waals surface area contributed by atoms with Crippen molar-refractivity contribution in [3.63, 3.8) is 0 Å². The van der Waals surface area contributed by atoms with Crippen molar-refractivity contribution >= 4 is 17.9 Å². The van der Waals surface area contributed by atoms with Crippen LogP contribution < -0.4 is 0 Å². The molecule has 0 aromatic rings. The molecule has 0 aromatic carbocycles. The third kappa shape index (κ3) is 3.11. The van der Waals surface area contributed by atoms with Gasteiger partial charge in [0.1, 0.15) is 6.10 Å². The van der Waals surface area contributed by atoms with Crippen LogP contribution in [-0.2, 0) is 19.1 Å². The largest absolute Gasteiger partial charge is 0.481 e. The van der Waals surface area contributed by atoms with E-state index in [2.05, 4.69) is 6.58 Å². The zero-order valence-electron chi connectivity index (χ0n) is 10.4. The molecule has 4 atom stereocenters. The van der Waals surface area contributed by atoms with E-state index in [0.29, 0.717) is 0 Å². The van der Waals surface area contributed by atoms with Gasteiger partial charge in [0, 0.05) is 25.2 Å². The molecule has 7 nitrogen and oxygen atoms in total. The molecule has 0 heterocycles. The molecule has 0 spiro atoms. The molecule has 1 aliphatic rings. The number of carboxylic acid groups (broad SMARTS) is 2. The Morgan fingerprint density at radius 3 is 2.21 bits per heavy atom.